The summed E-state index contributed by atoms with van der Waals surface area (Å²) in [5.41, 5.74) is 9.31. The zero-order valence-electron chi connectivity index (χ0n) is 10.1. The summed E-state index contributed by atoms with van der Waals surface area (Å²) >= 11 is 0. The Kier molecular flexibility index (Phi) is 5.88. The van der Waals surface area contributed by atoms with Crippen LogP contribution in [0.15, 0.2) is 29.4 Å². The molecule has 0 spiro atoms. The number of rotatable bonds is 4. The number of esters is 1. The lowest BCUT2D eigenvalue weighted by Gasteiger charge is -2.01. The van der Waals surface area contributed by atoms with Crippen LogP contribution in [0.25, 0.3) is 10.4 Å². The highest BCUT2D eigenvalue weighted by molar-refractivity contribution is 5.89. The van der Waals surface area contributed by atoms with Crippen molar-refractivity contribution in [1.29, 1.82) is 0 Å². The Morgan fingerprint density at radius 3 is 3.11 bits per heavy atom. The van der Waals surface area contributed by atoms with Gasteiger partial charge in [-0.1, -0.05) is 23.0 Å². The monoisotopic (exact) mass is 243 g/mol. The van der Waals surface area contributed by atoms with Crippen molar-refractivity contribution in [3.05, 3.63) is 45.8 Å². The van der Waals surface area contributed by atoms with Crippen LogP contribution in [0.2, 0.25) is 0 Å². The molecule has 0 amide bonds. The standard InChI is InChI=1S/C13H13N3O2/c1-2-18-13(17)12-8-5-7-11(10-12)6-3-4-9-15-16-14/h5,7-8,10H,2,4,9H2,1H3. The van der Waals surface area contributed by atoms with Crippen LogP contribution in [0.4, 0.5) is 0 Å². The number of nitrogens with zero attached hydrogens (tertiary/aromatic N) is 3. The van der Waals surface area contributed by atoms with E-state index in [1.807, 2.05) is 6.07 Å². The molecule has 0 aliphatic heterocycles. The third-order valence-corrected chi connectivity index (χ3v) is 2.01. The first-order valence-electron chi connectivity index (χ1n) is 5.55. The average Bonchev–Trinajstić information content (AvgIpc) is 2.39. The van der Waals surface area contributed by atoms with Crippen molar-refractivity contribution in [3.63, 3.8) is 0 Å². The first-order valence-corrected chi connectivity index (χ1v) is 5.55. The number of benzene rings is 1. The van der Waals surface area contributed by atoms with E-state index in [1.54, 1.807) is 25.1 Å². The second-order valence-electron chi connectivity index (χ2n) is 3.31. The molecule has 92 valence electrons. The maximum absolute atomic E-state index is 11.5. The van der Waals surface area contributed by atoms with Gasteiger partial charge in [-0.25, -0.2) is 4.79 Å². The number of hydrogen-bond acceptors (Lipinski definition) is 3. The fourth-order valence-electron chi connectivity index (χ4n) is 1.25. The van der Waals surface area contributed by atoms with E-state index in [4.69, 9.17) is 10.3 Å². The molecule has 0 aromatic heterocycles. The second-order valence-corrected chi connectivity index (χ2v) is 3.31. The number of carbonyl (C=O) groups is 1. The normalized spacial score (nSPS) is 8.72. The lowest BCUT2D eigenvalue weighted by Crippen LogP contribution is -2.04. The van der Waals surface area contributed by atoms with Gasteiger partial charge in [-0.15, -0.1) is 0 Å². The molecule has 0 saturated carbocycles. The SMILES string of the molecule is CCOC(=O)c1cccc(C#CCCN=[N+]=[N-])c1. The van der Waals surface area contributed by atoms with Crippen LogP contribution >= 0.6 is 0 Å². The highest BCUT2D eigenvalue weighted by Crippen LogP contribution is 2.05. The minimum absolute atomic E-state index is 0.348. The lowest BCUT2D eigenvalue weighted by atomic mass is 10.1. The molecule has 0 radical (unpaired) electrons. The van der Waals surface area contributed by atoms with Gasteiger partial charge in [0, 0.05) is 23.4 Å². The van der Waals surface area contributed by atoms with Crippen LogP contribution in [0, 0.1) is 11.8 Å². The Morgan fingerprint density at radius 1 is 1.56 bits per heavy atom. The summed E-state index contributed by atoms with van der Waals surface area (Å²) in [6.07, 6.45) is 0.494. The third-order valence-electron chi connectivity index (χ3n) is 2.01. The molecule has 0 aliphatic carbocycles. The van der Waals surface area contributed by atoms with Gasteiger partial charge in [0.2, 0.25) is 0 Å². The topological polar surface area (TPSA) is 75.1 Å². The van der Waals surface area contributed by atoms with Crippen LogP contribution < -0.4 is 0 Å². The summed E-state index contributed by atoms with van der Waals surface area (Å²) in [6, 6.07) is 6.93. The summed E-state index contributed by atoms with van der Waals surface area (Å²) in [6.45, 7) is 2.46. The molecule has 0 bridgehead atoms. The minimum Gasteiger partial charge on any atom is -0.462 e. The van der Waals surface area contributed by atoms with Crippen molar-refractivity contribution in [2.75, 3.05) is 13.2 Å². The molecule has 0 aliphatic rings. The zero-order valence-corrected chi connectivity index (χ0v) is 10.1. The third kappa shape index (κ3) is 4.60. The predicted octanol–water partition coefficient (Wildman–Crippen LogP) is 2.92. The van der Waals surface area contributed by atoms with Gasteiger partial charge in [0.05, 0.1) is 12.2 Å². The molecular weight excluding hydrogens is 230 g/mol. The molecule has 5 nitrogen and oxygen atoms in total. The van der Waals surface area contributed by atoms with Crippen LogP contribution in [-0.4, -0.2) is 19.1 Å². The van der Waals surface area contributed by atoms with E-state index in [2.05, 4.69) is 21.9 Å². The first-order chi connectivity index (χ1) is 8.77. The van der Waals surface area contributed by atoms with E-state index in [0.717, 1.165) is 5.56 Å². The summed E-state index contributed by atoms with van der Waals surface area (Å²) < 4.78 is 4.90. The van der Waals surface area contributed by atoms with Gasteiger partial charge in [0.1, 0.15) is 0 Å². The van der Waals surface area contributed by atoms with E-state index in [0.29, 0.717) is 25.1 Å². The first kappa shape index (κ1) is 13.6. The molecule has 0 atom stereocenters. The molecular formula is C13H13N3O2. The molecule has 1 rings (SSSR count). The van der Waals surface area contributed by atoms with Crippen molar-refractivity contribution in [2.24, 2.45) is 5.11 Å². The van der Waals surface area contributed by atoms with E-state index < -0.39 is 0 Å². The Labute approximate surface area is 105 Å². The van der Waals surface area contributed by atoms with Gasteiger partial charge in [-0.2, -0.15) is 0 Å². The Morgan fingerprint density at radius 2 is 2.39 bits per heavy atom. The Hall–Kier alpha value is -2.44. The number of ether oxygens (including phenoxy) is 1. The van der Waals surface area contributed by atoms with Gasteiger partial charge in [-0.05, 0) is 30.7 Å². The number of azide groups is 1. The maximum atomic E-state index is 11.5. The minimum atomic E-state index is -0.352. The maximum Gasteiger partial charge on any atom is 0.338 e. The van der Waals surface area contributed by atoms with Gasteiger partial charge < -0.3 is 4.74 Å². The molecule has 1 aromatic rings. The van der Waals surface area contributed by atoms with Gasteiger partial charge in [0.15, 0.2) is 0 Å². The number of hydrogen-bond donors (Lipinski definition) is 0. The van der Waals surface area contributed by atoms with E-state index in [1.165, 1.54) is 0 Å². The summed E-state index contributed by atoms with van der Waals surface area (Å²) in [7, 11) is 0. The lowest BCUT2D eigenvalue weighted by molar-refractivity contribution is 0.0526. The second kappa shape index (κ2) is 7.77. The Balaban J connectivity index is 2.69. The highest BCUT2D eigenvalue weighted by Gasteiger charge is 2.05. The average molecular weight is 243 g/mol. The van der Waals surface area contributed by atoms with E-state index >= 15 is 0 Å². The van der Waals surface area contributed by atoms with Crippen molar-refractivity contribution >= 4 is 5.97 Å². The molecule has 0 N–H and O–H groups in total. The van der Waals surface area contributed by atoms with Crippen molar-refractivity contribution < 1.29 is 9.53 Å². The zero-order chi connectivity index (χ0) is 13.2. The van der Waals surface area contributed by atoms with Gasteiger partial charge >= 0.3 is 5.97 Å². The van der Waals surface area contributed by atoms with Gasteiger partial charge in [0.25, 0.3) is 0 Å². The summed E-state index contributed by atoms with van der Waals surface area (Å²) in [5, 5.41) is 3.38. The fraction of sp³-hybridized carbons (Fsp3) is 0.308. The highest BCUT2D eigenvalue weighted by atomic mass is 16.5. The van der Waals surface area contributed by atoms with Crippen LogP contribution in [-0.2, 0) is 4.74 Å². The molecule has 0 unspecified atom stereocenters. The van der Waals surface area contributed by atoms with Crippen molar-refractivity contribution in [1.82, 2.24) is 0 Å². The van der Waals surface area contributed by atoms with E-state index in [9.17, 15) is 4.79 Å². The molecule has 18 heavy (non-hydrogen) atoms. The van der Waals surface area contributed by atoms with Crippen LogP contribution in [0.5, 0.6) is 0 Å². The van der Waals surface area contributed by atoms with Crippen molar-refractivity contribution in [2.45, 2.75) is 13.3 Å². The predicted molar refractivity (Wildman–Crippen MR) is 67.9 cm³/mol. The smallest absolute Gasteiger partial charge is 0.338 e. The molecule has 5 heteroatoms. The number of carbonyl (C=O) groups excluding carboxylic acids is 1. The molecule has 0 fully saturated rings. The Bertz CT molecular complexity index is 523. The largest absolute Gasteiger partial charge is 0.462 e. The molecule has 0 saturated heterocycles. The molecule has 1 aromatic carbocycles. The fourth-order valence-corrected chi connectivity index (χ4v) is 1.25. The van der Waals surface area contributed by atoms with E-state index in [-0.39, 0.29) is 5.97 Å². The quantitative estimate of drug-likeness (QED) is 0.203. The van der Waals surface area contributed by atoms with Crippen LogP contribution in [0.1, 0.15) is 29.3 Å². The molecule has 0 heterocycles. The summed E-state index contributed by atoms with van der Waals surface area (Å²) in [4.78, 5) is 14.1. The van der Waals surface area contributed by atoms with Crippen molar-refractivity contribution in [3.8, 4) is 11.8 Å². The van der Waals surface area contributed by atoms with Crippen LogP contribution in [0.3, 0.4) is 0 Å². The summed E-state index contributed by atoms with van der Waals surface area (Å²) in [5.74, 6) is 5.42. The van der Waals surface area contributed by atoms with Gasteiger partial charge in [-0.3, -0.25) is 0 Å².